The third kappa shape index (κ3) is 3.16. The van der Waals surface area contributed by atoms with Crippen LogP contribution in [0.2, 0.25) is 5.02 Å². The van der Waals surface area contributed by atoms with Crippen LogP contribution in [0.25, 0.3) is 10.9 Å². The zero-order valence-corrected chi connectivity index (χ0v) is 14.6. The Kier molecular flexibility index (Phi) is 4.71. The highest BCUT2D eigenvalue weighted by Gasteiger charge is 2.44. The van der Waals surface area contributed by atoms with Crippen LogP contribution in [0.5, 0.6) is 0 Å². The predicted molar refractivity (Wildman–Crippen MR) is 98.2 cm³/mol. The number of H-pyrrole nitrogens is 1. The van der Waals surface area contributed by atoms with Crippen molar-refractivity contribution < 1.29 is 19.8 Å². The van der Waals surface area contributed by atoms with E-state index in [9.17, 15) is 19.8 Å². The van der Waals surface area contributed by atoms with Crippen LogP contribution in [0.3, 0.4) is 0 Å². The van der Waals surface area contributed by atoms with Crippen LogP contribution in [-0.4, -0.2) is 33.1 Å². The smallest absolute Gasteiger partial charge is 0.342 e. The molecule has 0 aliphatic rings. The van der Waals surface area contributed by atoms with Gasteiger partial charge in [0.25, 0.3) is 5.91 Å². The molecule has 0 saturated carbocycles. The number of benzene rings is 2. The van der Waals surface area contributed by atoms with Gasteiger partial charge in [0.05, 0.1) is 6.04 Å². The van der Waals surface area contributed by atoms with Gasteiger partial charge in [-0.1, -0.05) is 41.9 Å². The van der Waals surface area contributed by atoms with Gasteiger partial charge in [-0.05, 0) is 36.8 Å². The molecule has 0 unspecified atom stereocenters. The van der Waals surface area contributed by atoms with Crippen molar-refractivity contribution in [1.82, 2.24) is 10.3 Å². The Morgan fingerprint density at radius 2 is 1.85 bits per heavy atom. The summed E-state index contributed by atoms with van der Waals surface area (Å²) in [6.45, 7) is 1.44. The first-order chi connectivity index (χ1) is 12.3. The number of halogens is 1. The number of carboxylic acids is 1. The summed E-state index contributed by atoms with van der Waals surface area (Å²) in [6, 6.07) is 13.7. The summed E-state index contributed by atoms with van der Waals surface area (Å²) in [6.07, 6.45) is 0. The Morgan fingerprint density at radius 3 is 2.50 bits per heavy atom. The fourth-order valence-corrected chi connectivity index (χ4v) is 3.04. The monoisotopic (exact) mass is 372 g/mol. The van der Waals surface area contributed by atoms with Gasteiger partial charge in [-0.3, -0.25) is 4.79 Å². The minimum absolute atomic E-state index is 0.184. The average molecular weight is 373 g/mol. The highest BCUT2D eigenvalue weighted by molar-refractivity contribution is 6.31. The molecule has 1 amide bonds. The molecule has 7 heteroatoms. The van der Waals surface area contributed by atoms with Crippen LogP contribution in [0.15, 0.2) is 54.6 Å². The number of rotatable bonds is 5. The number of amides is 1. The summed E-state index contributed by atoms with van der Waals surface area (Å²) in [5.41, 5.74) is -1.10. The van der Waals surface area contributed by atoms with E-state index in [-0.39, 0.29) is 11.3 Å². The lowest BCUT2D eigenvalue weighted by molar-refractivity contribution is -0.162. The zero-order chi connectivity index (χ0) is 18.9. The Labute approximate surface area is 154 Å². The van der Waals surface area contributed by atoms with E-state index in [1.165, 1.54) is 19.1 Å². The molecule has 2 atom stereocenters. The van der Waals surface area contributed by atoms with E-state index >= 15 is 0 Å². The molecule has 2 aromatic carbocycles. The largest absolute Gasteiger partial charge is 0.479 e. The summed E-state index contributed by atoms with van der Waals surface area (Å²) in [4.78, 5) is 27.2. The van der Waals surface area contributed by atoms with E-state index in [0.29, 0.717) is 5.02 Å². The third-order valence-electron chi connectivity index (χ3n) is 4.34. The molecule has 0 saturated heterocycles. The summed E-state index contributed by atoms with van der Waals surface area (Å²) >= 11 is 5.94. The van der Waals surface area contributed by atoms with Crippen molar-refractivity contribution in [2.45, 2.75) is 18.6 Å². The van der Waals surface area contributed by atoms with Crippen molar-refractivity contribution >= 4 is 34.4 Å². The molecule has 0 radical (unpaired) electrons. The molecule has 134 valence electrons. The first-order valence-corrected chi connectivity index (χ1v) is 8.30. The second-order valence-corrected chi connectivity index (χ2v) is 6.48. The quantitative estimate of drug-likeness (QED) is 0.553. The van der Waals surface area contributed by atoms with Crippen molar-refractivity contribution in [3.05, 3.63) is 70.9 Å². The van der Waals surface area contributed by atoms with E-state index < -0.39 is 23.5 Å². The molecule has 1 heterocycles. The van der Waals surface area contributed by atoms with Gasteiger partial charge in [-0.2, -0.15) is 0 Å². The number of fused-ring (bicyclic) bond motifs is 1. The number of carboxylic acid groups (broad SMARTS) is 1. The lowest BCUT2D eigenvalue weighted by Crippen LogP contribution is -2.53. The molecule has 3 aromatic rings. The molecule has 0 fully saturated rings. The van der Waals surface area contributed by atoms with Crippen molar-refractivity contribution in [3.8, 4) is 0 Å². The molecular formula is C19H17ClN2O4. The summed E-state index contributed by atoms with van der Waals surface area (Å²) < 4.78 is 0. The third-order valence-corrected chi connectivity index (χ3v) is 4.58. The van der Waals surface area contributed by atoms with Gasteiger partial charge < -0.3 is 20.5 Å². The number of aliphatic hydroxyl groups is 1. The van der Waals surface area contributed by atoms with E-state index in [4.69, 9.17) is 11.6 Å². The Bertz CT molecular complexity index is 970. The summed E-state index contributed by atoms with van der Waals surface area (Å²) in [5.74, 6) is -1.97. The molecule has 3 rings (SSSR count). The van der Waals surface area contributed by atoms with Gasteiger partial charge in [0.15, 0.2) is 0 Å². The number of aromatic nitrogens is 1. The molecule has 0 spiro atoms. The van der Waals surface area contributed by atoms with E-state index in [1.807, 2.05) is 0 Å². The van der Waals surface area contributed by atoms with E-state index in [0.717, 1.165) is 10.9 Å². The van der Waals surface area contributed by atoms with Crippen LogP contribution in [-0.2, 0) is 10.4 Å². The van der Waals surface area contributed by atoms with Crippen molar-refractivity contribution in [2.24, 2.45) is 0 Å². The molecule has 0 aliphatic heterocycles. The zero-order valence-electron chi connectivity index (χ0n) is 13.9. The molecule has 4 N–H and O–H groups in total. The second kappa shape index (κ2) is 6.82. The molecule has 6 nitrogen and oxygen atoms in total. The maximum absolute atomic E-state index is 12.5. The maximum Gasteiger partial charge on any atom is 0.342 e. The molecular weight excluding hydrogens is 356 g/mol. The van der Waals surface area contributed by atoms with Crippen molar-refractivity contribution in [1.29, 1.82) is 0 Å². The van der Waals surface area contributed by atoms with Gasteiger partial charge in [-0.15, -0.1) is 0 Å². The number of aromatic amines is 1. The average Bonchev–Trinajstić information content (AvgIpc) is 3.04. The topological polar surface area (TPSA) is 102 Å². The van der Waals surface area contributed by atoms with Crippen molar-refractivity contribution in [2.75, 3.05) is 0 Å². The van der Waals surface area contributed by atoms with Crippen LogP contribution >= 0.6 is 11.6 Å². The molecule has 26 heavy (non-hydrogen) atoms. The number of hydrogen-bond acceptors (Lipinski definition) is 3. The van der Waals surface area contributed by atoms with Gasteiger partial charge in [0.1, 0.15) is 5.69 Å². The van der Waals surface area contributed by atoms with Crippen LogP contribution in [0, 0.1) is 0 Å². The van der Waals surface area contributed by atoms with Crippen LogP contribution < -0.4 is 5.32 Å². The SMILES string of the molecule is C[C@H](NC(=O)c1cc2cc(Cl)ccc2[nH]1)[C@@](O)(C(=O)O)c1ccccc1. The summed E-state index contributed by atoms with van der Waals surface area (Å²) in [7, 11) is 0. The fourth-order valence-electron chi connectivity index (χ4n) is 2.86. The summed E-state index contributed by atoms with van der Waals surface area (Å²) in [5, 5.41) is 24.2. The minimum Gasteiger partial charge on any atom is -0.479 e. The number of carbonyl (C=O) groups is 2. The normalized spacial score (nSPS) is 14.6. The number of aliphatic carboxylic acids is 1. The Hall–Kier alpha value is -2.83. The number of carbonyl (C=O) groups excluding carboxylic acids is 1. The molecule has 1 aromatic heterocycles. The van der Waals surface area contributed by atoms with Crippen LogP contribution in [0.1, 0.15) is 23.0 Å². The molecule has 0 bridgehead atoms. The van der Waals surface area contributed by atoms with Gasteiger partial charge in [0, 0.05) is 15.9 Å². The number of hydrogen-bond donors (Lipinski definition) is 4. The molecule has 0 aliphatic carbocycles. The minimum atomic E-state index is -2.26. The Morgan fingerprint density at radius 1 is 1.15 bits per heavy atom. The number of nitrogens with one attached hydrogen (secondary N) is 2. The first kappa shape index (κ1) is 18.0. The predicted octanol–water partition coefficient (Wildman–Crippen LogP) is 2.91. The maximum atomic E-state index is 12.5. The second-order valence-electron chi connectivity index (χ2n) is 6.05. The van der Waals surface area contributed by atoms with Gasteiger partial charge >= 0.3 is 5.97 Å². The Balaban J connectivity index is 1.87. The van der Waals surface area contributed by atoms with E-state index in [2.05, 4.69) is 10.3 Å². The lowest BCUT2D eigenvalue weighted by atomic mass is 9.87. The van der Waals surface area contributed by atoms with Crippen LogP contribution in [0.4, 0.5) is 0 Å². The fraction of sp³-hybridized carbons (Fsp3) is 0.158. The lowest BCUT2D eigenvalue weighted by Gasteiger charge is -2.30. The van der Waals surface area contributed by atoms with Crippen molar-refractivity contribution in [3.63, 3.8) is 0 Å². The highest BCUT2D eigenvalue weighted by atomic mass is 35.5. The van der Waals surface area contributed by atoms with Gasteiger partial charge in [0.2, 0.25) is 5.60 Å². The van der Waals surface area contributed by atoms with E-state index in [1.54, 1.807) is 42.5 Å². The first-order valence-electron chi connectivity index (χ1n) is 7.93. The standard InChI is InChI=1S/C19H17ClN2O4/c1-11(19(26,18(24)25)13-5-3-2-4-6-13)21-17(23)16-10-12-9-14(20)7-8-15(12)22-16/h2-11,22,26H,1H3,(H,21,23)(H,24,25)/t11-,19-/m0/s1. The van der Waals surface area contributed by atoms with Gasteiger partial charge in [-0.25, -0.2) is 4.79 Å². The highest BCUT2D eigenvalue weighted by Crippen LogP contribution is 2.26.